The molecule has 12 heteroatoms. The van der Waals surface area contributed by atoms with Crippen LogP contribution >= 0.6 is 22.9 Å². The third-order valence-corrected chi connectivity index (χ3v) is 7.07. The predicted molar refractivity (Wildman–Crippen MR) is 147 cm³/mol. The van der Waals surface area contributed by atoms with Gasteiger partial charge in [-0.1, -0.05) is 0 Å². The van der Waals surface area contributed by atoms with Crippen molar-refractivity contribution in [1.82, 2.24) is 34.9 Å². The first kappa shape index (κ1) is 23.3. The molecule has 5 aromatic rings. The summed E-state index contributed by atoms with van der Waals surface area (Å²) in [6.07, 6.45) is 7.08. The number of nitrogens with zero attached hydrogens (tertiary/aromatic N) is 7. The second-order valence-electron chi connectivity index (χ2n) is 8.86. The Balaban J connectivity index is 1.21. The van der Waals surface area contributed by atoms with Gasteiger partial charge in [0.2, 0.25) is 5.88 Å². The molecule has 1 fully saturated rings. The molecule has 3 heterocycles. The number of fused-ring (bicyclic) bond motifs is 2. The Bertz CT molecular complexity index is 1620. The molecule has 0 atom stereocenters. The Hall–Kier alpha value is -4.07. The fourth-order valence-electron chi connectivity index (χ4n) is 3.86. The summed E-state index contributed by atoms with van der Waals surface area (Å²) in [4.78, 5) is 25.7. The summed E-state index contributed by atoms with van der Waals surface area (Å²) >= 11 is 2.02. The Morgan fingerprint density at radius 2 is 2.03 bits per heavy atom. The van der Waals surface area contributed by atoms with E-state index in [9.17, 15) is 4.79 Å². The molecule has 0 saturated heterocycles. The first-order chi connectivity index (χ1) is 18.0. The number of carbonyl (C=O) groups excluding carboxylic acids is 1. The van der Waals surface area contributed by atoms with E-state index in [4.69, 9.17) is 4.74 Å². The predicted octanol–water partition coefficient (Wildman–Crippen LogP) is 5.19. The molecule has 2 N–H and O–H groups in total. The number of nitrogens with one attached hydrogen (secondary N) is 2. The van der Waals surface area contributed by atoms with Gasteiger partial charge in [-0.05, 0) is 67.6 Å². The summed E-state index contributed by atoms with van der Waals surface area (Å²) in [5, 5.41) is 15.0. The molecule has 2 aromatic carbocycles. The van der Waals surface area contributed by atoms with Crippen LogP contribution < -0.4 is 18.5 Å². The van der Waals surface area contributed by atoms with E-state index in [0.29, 0.717) is 35.6 Å². The standard InChI is InChI=1S/C25H22IN9O2/c1-15-8-17(4-7-21(15)37-23-10-22-33-31-14-34(22)13-30-23)32-24-19-9-18(5-6-20(19)28-12-29-24)35(26)25(36)27-11-16-2-3-16/h4-10,12-14,16H,2-3,11H2,1H3,(H,27,36)(H,28,29,32). The van der Waals surface area contributed by atoms with E-state index in [1.165, 1.54) is 19.2 Å². The number of rotatable bonds is 7. The Labute approximate surface area is 225 Å². The van der Waals surface area contributed by atoms with Crippen LogP contribution in [0.25, 0.3) is 16.6 Å². The lowest BCUT2D eigenvalue weighted by Gasteiger charge is -2.17. The summed E-state index contributed by atoms with van der Waals surface area (Å²) in [7, 11) is 0. The van der Waals surface area contributed by atoms with Crippen LogP contribution in [0, 0.1) is 12.8 Å². The summed E-state index contributed by atoms with van der Waals surface area (Å²) < 4.78 is 9.27. The Morgan fingerprint density at radius 3 is 2.86 bits per heavy atom. The topological polar surface area (TPSA) is 122 Å². The van der Waals surface area contributed by atoms with Crippen LogP contribution in [0.15, 0.2) is 61.4 Å². The van der Waals surface area contributed by atoms with Gasteiger partial charge in [0.1, 0.15) is 30.5 Å². The summed E-state index contributed by atoms with van der Waals surface area (Å²) in [6, 6.07) is 13.0. The minimum Gasteiger partial charge on any atom is -0.439 e. The molecule has 3 aromatic heterocycles. The van der Waals surface area contributed by atoms with Crippen molar-refractivity contribution in [3.05, 3.63) is 67.0 Å². The van der Waals surface area contributed by atoms with Crippen LogP contribution in [0.4, 0.5) is 22.0 Å². The minimum atomic E-state index is -0.137. The van der Waals surface area contributed by atoms with Gasteiger partial charge in [-0.2, -0.15) is 0 Å². The van der Waals surface area contributed by atoms with E-state index < -0.39 is 0 Å². The molecule has 0 aliphatic heterocycles. The normalized spacial score (nSPS) is 13.0. The van der Waals surface area contributed by atoms with Crippen LogP contribution in [0.5, 0.6) is 11.6 Å². The van der Waals surface area contributed by atoms with E-state index >= 15 is 0 Å². The number of aromatic nitrogens is 6. The van der Waals surface area contributed by atoms with Gasteiger partial charge in [0, 0.05) is 23.7 Å². The highest BCUT2D eigenvalue weighted by atomic mass is 127. The number of benzene rings is 2. The maximum atomic E-state index is 12.6. The van der Waals surface area contributed by atoms with E-state index in [-0.39, 0.29) is 6.03 Å². The van der Waals surface area contributed by atoms with Crippen molar-refractivity contribution in [2.45, 2.75) is 19.8 Å². The first-order valence-electron chi connectivity index (χ1n) is 11.7. The molecule has 6 rings (SSSR count). The van der Waals surface area contributed by atoms with Crippen molar-refractivity contribution in [3.63, 3.8) is 0 Å². The molecule has 1 aliphatic carbocycles. The Morgan fingerprint density at radius 1 is 1.14 bits per heavy atom. The molecule has 11 nitrogen and oxygen atoms in total. The molecule has 0 bridgehead atoms. The average Bonchev–Trinajstić information content (AvgIpc) is 3.63. The lowest BCUT2D eigenvalue weighted by molar-refractivity contribution is 0.250. The van der Waals surface area contributed by atoms with Gasteiger partial charge < -0.3 is 15.4 Å². The lowest BCUT2D eigenvalue weighted by Crippen LogP contribution is -2.34. The van der Waals surface area contributed by atoms with Crippen molar-refractivity contribution >= 4 is 62.6 Å². The van der Waals surface area contributed by atoms with E-state index in [0.717, 1.165) is 27.8 Å². The van der Waals surface area contributed by atoms with Gasteiger partial charge in [0.15, 0.2) is 5.65 Å². The minimum absolute atomic E-state index is 0.137. The Kier molecular flexibility index (Phi) is 6.16. The summed E-state index contributed by atoms with van der Waals surface area (Å²) in [5.41, 5.74) is 3.93. The average molecular weight is 607 g/mol. The number of hydrogen-bond acceptors (Lipinski definition) is 8. The SMILES string of the molecule is Cc1cc(Nc2ncnc3ccc(N(I)C(=O)NCC4CC4)cc23)ccc1Oc1cc2nncn2cn1. The molecule has 186 valence electrons. The molecular formula is C25H22IN9O2. The largest absolute Gasteiger partial charge is 0.439 e. The highest BCUT2D eigenvalue weighted by Gasteiger charge is 2.23. The highest BCUT2D eigenvalue weighted by molar-refractivity contribution is 14.1. The maximum absolute atomic E-state index is 12.6. The lowest BCUT2D eigenvalue weighted by atomic mass is 10.1. The van der Waals surface area contributed by atoms with Crippen LogP contribution in [0.2, 0.25) is 0 Å². The number of carbonyl (C=O) groups is 1. The van der Waals surface area contributed by atoms with Crippen LogP contribution in [0.3, 0.4) is 0 Å². The molecule has 1 aliphatic rings. The van der Waals surface area contributed by atoms with Crippen molar-refractivity contribution < 1.29 is 9.53 Å². The third-order valence-electron chi connectivity index (χ3n) is 6.08. The molecule has 0 radical (unpaired) electrons. The van der Waals surface area contributed by atoms with E-state index in [1.807, 2.05) is 66.2 Å². The van der Waals surface area contributed by atoms with Crippen LogP contribution in [-0.2, 0) is 0 Å². The number of anilines is 3. The number of hydrogen-bond donors (Lipinski definition) is 2. The molecule has 0 spiro atoms. The molecule has 2 amide bonds. The fourth-order valence-corrected chi connectivity index (χ4v) is 4.33. The monoisotopic (exact) mass is 607 g/mol. The van der Waals surface area contributed by atoms with Gasteiger partial charge >= 0.3 is 6.03 Å². The van der Waals surface area contributed by atoms with E-state index in [1.54, 1.807) is 26.2 Å². The zero-order valence-corrected chi connectivity index (χ0v) is 22.0. The van der Waals surface area contributed by atoms with E-state index in [2.05, 4.69) is 35.8 Å². The molecule has 1 saturated carbocycles. The van der Waals surface area contributed by atoms with Crippen molar-refractivity contribution in [2.24, 2.45) is 5.92 Å². The molecule has 37 heavy (non-hydrogen) atoms. The quantitative estimate of drug-likeness (QED) is 0.192. The molecule has 0 unspecified atom stereocenters. The third kappa shape index (κ3) is 5.09. The summed E-state index contributed by atoms with van der Waals surface area (Å²) in [5.74, 6) is 2.36. The van der Waals surface area contributed by atoms with Gasteiger partial charge in [-0.3, -0.25) is 4.40 Å². The number of halogens is 1. The van der Waals surface area contributed by atoms with Gasteiger partial charge in [-0.25, -0.2) is 22.9 Å². The van der Waals surface area contributed by atoms with Crippen LogP contribution in [0.1, 0.15) is 18.4 Å². The van der Waals surface area contributed by atoms with Crippen molar-refractivity contribution in [2.75, 3.05) is 15.0 Å². The van der Waals surface area contributed by atoms with Gasteiger partial charge in [0.25, 0.3) is 0 Å². The van der Waals surface area contributed by atoms with Crippen molar-refractivity contribution in [3.8, 4) is 11.6 Å². The molecular weight excluding hydrogens is 585 g/mol. The smallest absolute Gasteiger partial charge is 0.330 e. The van der Waals surface area contributed by atoms with Crippen molar-refractivity contribution in [1.29, 1.82) is 0 Å². The first-order valence-corrected chi connectivity index (χ1v) is 12.7. The maximum Gasteiger partial charge on any atom is 0.330 e. The number of amides is 2. The zero-order valence-electron chi connectivity index (χ0n) is 19.8. The fraction of sp³-hybridized carbons (Fsp3) is 0.200. The summed E-state index contributed by atoms with van der Waals surface area (Å²) in [6.45, 7) is 2.67. The highest BCUT2D eigenvalue weighted by Crippen LogP contribution is 2.32. The van der Waals surface area contributed by atoms with Gasteiger partial charge in [0.05, 0.1) is 34.1 Å². The van der Waals surface area contributed by atoms with Gasteiger partial charge in [-0.15, -0.1) is 10.2 Å². The van der Waals surface area contributed by atoms with Crippen LogP contribution in [-0.4, -0.2) is 42.1 Å². The number of urea groups is 1. The second kappa shape index (κ2) is 9.76. The number of ether oxygens (including phenoxy) is 1. The second-order valence-corrected chi connectivity index (χ2v) is 9.83. The number of aryl methyl sites for hydroxylation is 1. The zero-order chi connectivity index (χ0) is 25.4.